The van der Waals surface area contributed by atoms with E-state index in [9.17, 15) is 0 Å². The van der Waals surface area contributed by atoms with Crippen molar-refractivity contribution in [2.24, 2.45) is 11.8 Å². The zero-order valence-electron chi connectivity index (χ0n) is 10.5. The molecule has 1 saturated carbocycles. The summed E-state index contributed by atoms with van der Waals surface area (Å²) < 4.78 is 0. The van der Waals surface area contributed by atoms with Crippen molar-refractivity contribution in [3.8, 4) is 0 Å². The fraction of sp³-hybridized carbons (Fsp3) is 0.600. The van der Waals surface area contributed by atoms with Crippen LogP contribution < -0.4 is 0 Å². The highest BCUT2D eigenvalue weighted by Crippen LogP contribution is 2.38. The van der Waals surface area contributed by atoms with Crippen molar-refractivity contribution in [2.45, 2.75) is 44.9 Å². The summed E-state index contributed by atoms with van der Waals surface area (Å²) in [6.45, 7) is 6.78. The zero-order chi connectivity index (χ0) is 11.7. The second kappa shape index (κ2) is 4.91. The average molecular weight is 281 g/mol. The highest BCUT2D eigenvalue weighted by molar-refractivity contribution is 9.09. The summed E-state index contributed by atoms with van der Waals surface area (Å²) >= 11 is 3.79. The normalized spacial score (nSPS) is 29.6. The number of hydrogen-bond acceptors (Lipinski definition) is 0. The Morgan fingerprint density at radius 1 is 1.12 bits per heavy atom. The van der Waals surface area contributed by atoms with Crippen LogP contribution in [0.3, 0.4) is 0 Å². The molecular formula is C15H21Br. The van der Waals surface area contributed by atoms with Gasteiger partial charge in [0.05, 0.1) is 0 Å². The van der Waals surface area contributed by atoms with E-state index >= 15 is 0 Å². The van der Waals surface area contributed by atoms with E-state index < -0.39 is 0 Å². The Morgan fingerprint density at radius 2 is 1.75 bits per heavy atom. The number of hydrogen-bond donors (Lipinski definition) is 0. The van der Waals surface area contributed by atoms with Gasteiger partial charge in [0.2, 0.25) is 0 Å². The molecule has 0 aromatic heterocycles. The first-order valence-electron chi connectivity index (χ1n) is 6.27. The van der Waals surface area contributed by atoms with Gasteiger partial charge in [0.15, 0.2) is 0 Å². The summed E-state index contributed by atoms with van der Waals surface area (Å²) in [6, 6.07) is 6.96. The molecule has 1 aromatic carbocycles. The van der Waals surface area contributed by atoms with Crippen molar-refractivity contribution < 1.29 is 0 Å². The summed E-state index contributed by atoms with van der Waals surface area (Å²) in [6.07, 6.45) is 3.98. The Balaban J connectivity index is 2.09. The molecule has 0 N–H and O–H groups in total. The molecule has 0 heterocycles. The molecule has 0 spiro atoms. The van der Waals surface area contributed by atoms with Crippen LogP contribution in [-0.2, 0) is 6.42 Å². The topological polar surface area (TPSA) is 0 Å². The lowest BCUT2D eigenvalue weighted by Crippen LogP contribution is -2.13. The predicted octanol–water partition coefficient (Wildman–Crippen LogP) is 4.66. The van der Waals surface area contributed by atoms with Gasteiger partial charge in [-0.15, -0.1) is 0 Å². The third-order valence-corrected chi connectivity index (χ3v) is 5.20. The first-order valence-corrected chi connectivity index (χ1v) is 7.19. The molecule has 0 radical (unpaired) electrons. The second-order valence-electron chi connectivity index (χ2n) is 5.41. The van der Waals surface area contributed by atoms with Crippen LogP contribution in [0.2, 0.25) is 0 Å². The van der Waals surface area contributed by atoms with Crippen LogP contribution >= 0.6 is 15.9 Å². The molecule has 0 nitrogen and oxygen atoms in total. The van der Waals surface area contributed by atoms with Crippen molar-refractivity contribution in [2.75, 3.05) is 0 Å². The smallest absolute Gasteiger partial charge is 0.0174 e. The SMILES string of the molecule is Cc1cc(C)cc(CC2CCC(Br)C2C)c1. The van der Waals surface area contributed by atoms with E-state index in [1.165, 1.54) is 36.0 Å². The van der Waals surface area contributed by atoms with Crippen molar-refractivity contribution in [3.05, 3.63) is 34.9 Å². The molecule has 88 valence electrons. The molecular weight excluding hydrogens is 260 g/mol. The van der Waals surface area contributed by atoms with Gasteiger partial charge in [-0.25, -0.2) is 0 Å². The summed E-state index contributed by atoms with van der Waals surface area (Å²) in [5.41, 5.74) is 4.32. The molecule has 1 fully saturated rings. The van der Waals surface area contributed by atoms with Crippen LogP contribution in [0.1, 0.15) is 36.5 Å². The van der Waals surface area contributed by atoms with E-state index in [2.05, 4.69) is 54.9 Å². The molecule has 1 heteroatoms. The molecule has 1 aliphatic rings. The fourth-order valence-electron chi connectivity index (χ4n) is 2.97. The average Bonchev–Trinajstić information content (AvgIpc) is 2.48. The summed E-state index contributed by atoms with van der Waals surface area (Å²) in [7, 11) is 0. The van der Waals surface area contributed by atoms with Gasteiger partial charge < -0.3 is 0 Å². The van der Waals surface area contributed by atoms with Crippen molar-refractivity contribution in [1.82, 2.24) is 0 Å². The maximum Gasteiger partial charge on any atom is 0.0174 e. The van der Waals surface area contributed by atoms with E-state index in [4.69, 9.17) is 0 Å². The van der Waals surface area contributed by atoms with E-state index in [1.54, 1.807) is 0 Å². The molecule has 0 saturated heterocycles. The second-order valence-corrected chi connectivity index (χ2v) is 6.59. The molecule has 16 heavy (non-hydrogen) atoms. The van der Waals surface area contributed by atoms with Gasteiger partial charge in [-0.1, -0.05) is 52.2 Å². The van der Waals surface area contributed by atoms with E-state index in [1.807, 2.05) is 0 Å². The standard InChI is InChI=1S/C15H21Br/c1-10-6-11(2)8-13(7-10)9-14-4-5-15(16)12(14)3/h6-8,12,14-15H,4-5,9H2,1-3H3. The zero-order valence-corrected chi connectivity index (χ0v) is 12.0. The number of benzene rings is 1. The minimum Gasteiger partial charge on any atom is -0.0888 e. The minimum atomic E-state index is 0.739. The first-order chi connectivity index (χ1) is 7.56. The van der Waals surface area contributed by atoms with Gasteiger partial charge in [-0.05, 0) is 50.5 Å². The third-order valence-electron chi connectivity index (χ3n) is 3.91. The van der Waals surface area contributed by atoms with Gasteiger partial charge in [-0.3, -0.25) is 0 Å². The molecule has 3 atom stereocenters. The van der Waals surface area contributed by atoms with E-state index in [0.29, 0.717) is 0 Å². The van der Waals surface area contributed by atoms with Crippen LogP contribution in [0.15, 0.2) is 18.2 Å². The van der Waals surface area contributed by atoms with Gasteiger partial charge in [0, 0.05) is 4.83 Å². The molecule has 0 amide bonds. The monoisotopic (exact) mass is 280 g/mol. The number of alkyl halides is 1. The molecule has 1 aromatic rings. The fourth-order valence-corrected chi connectivity index (χ4v) is 3.67. The summed E-state index contributed by atoms with van der Waals surface area (Å²) in [4.78, 5) is 0.739. The number of halogens is 1. The largest absolute Gasteiger partial charge is 0.0888 e. The lowest BCUT2D eigenvalue weighted by atomic mass is 9.90. The highest BCUT2D eigenvalue weighted by Gasteiger charge is 2.30. The van der Waals surface area contributed by atoms with Crippen molar-refractivity contribution in [3.63, 3.8) is 0 Å². The number of rotatable bonds is 2. The Bertz CT molecular complexity index is 349. The van der Waals surface area contributed by atoms with Crippen LogP contribution in [0.25, 0.3) is 0 Å². The van der Waals surface area contributed by atoms with Crippen LogP contribution in [0.5, 0.6) is 0 Å². The third kappa shape index (κ3) is 2.68. The Hall–Kier alpha value is -0.300. The molecule has 0 aliphatic heterocycles. The van der Waals surface area contributed by atoms with Crippen LogP contribution in [0, 0.1) is 25.7 Å². The van der Waals surface area contributed by atoms with Crippen molar-refractivity contribution >= 4 is 15.9 Å². The maximum atomic E-state index is 3.79. The first kappa shape index (κ1) is 12.2. The number of aryl methyl sites for hydroxylation is 2. The highest BCUT2D eigenvalue weighted by atomic mass is 79.9. The van der Waals surface area contributed by atoms with E-state index in [-0.39, 0.29) is 0 Å². The Labute approximate surface area is 108 Å². The summed E-state index contributed by atoms with van der Waals surface area (Å²) in [5.74, 6) is 1.69. The quantitative estimate of drug-likeness (QED) is 0.692. The minimum absolute atomic E-state index is 0.739. The predicted molar refractivity (Wildman–Crippen MR) is 74.2 cm³/mol. The maximum absolute atomic E-state index is 3.79. The molecule has 2 rings (SSSR count). The van der Waals surface area contributed by atoms with E-state index in [0.717, 1.165) is 16.7 Å². The van der Waals surface area contributed by atoms with Crippen LogP contribution in [-0.4, -0.2) is 4.83 Å². The Kier molecular flexibility index (Phi) is 3.73. The Morgan fingerprint density at radius 3 is 2.25 bits per heavy atom. The van der Waals surface area contributed by atoms with Gasteiger partial charge >= 0.3 is 0 Å². The molecule has 3 unspecified atom stereocenters. The lowest BCUT2D eigenvalue weighted by Gasteiger charge is -2.17. The lowest BCUT2D eigenvalue weighted by molar-refractivity contribution is 0.423. The van der Waals surface area contributed by atoms with Crippen LogP contribution in [0.4, 0.5) is 0 Å². The molecule has 0 bridgehead atoms. The summed E-state index contributed by atoms with van der Waals surface area (Å²) in [5, 5.41) is 0. The van der Waals surface area contributed by atoms with Gasteiger partial charge in [-0.2, -0.15) is 0 Å². The van der Waals surface area contributed by atoms with Gasteiger partial charge in [0.1, 0.15) is 0 Å². The van der Waals surface area contributed by atoms with Crippen molar-refractivity contribution in [1.29, 1.82) is 0 Å². The van der Waals surface area contributed by atoms with Gasteiger partial charge in [0.25, 0.3) is 0 Å². The molecule has 1 aliphatic carbocycles.